The third-order valence-corrected chi connectivity index (χ3v) is 4.89. The van der Waals surface area contributed by atoms with Gasteiger partial charge in [0.15, 0.2) is 5.82 Å². The van der Waals surface area contributed by atoms with Gasteiger partial charge in [-0.05, 0) is 38.4 Å². The molecule has 1 saturated carbocycles. The maximum atomic E-state index is 13.2. The standard InChI is InChI=1S/C19H25F2N5O/c1-22-12-9-13-3-5-14(6-4-13)16-24-17(26(2)25-16)18(27)23-15-7-10-19(20,21)11-8-15/h3-6,15,22H,7-12H2,1-2H3,(H,23,27). The molecule has 8 heteroatoms. The number of nitrogens with zero attached hydrogens (tertiary/aromatic N) is 3. The van der Waals surface area contributed by atoms with Gasteiger partial charge in [0.05, 0.1) is 0 Å². The maximum Gasteiger partial charge on any atom is 0.289 e. The van der Waals surface area contributed by atoms with Crippen LogP contribution in [0.25, 0.3) is 11.4 Å². The van der Waals surface area contributed by atoms with Gasteiger partial charge in [0.1, 0.15) is 0 Å². The van der Waals surface area contributed by atoms with Gasteiger partial charge >= 0.3 is 0 Å². The largest absolute Gasteiger partial charge is 0.347 e. The number of alkyl halides is 2. The highest BCUT2D eigenvalue weighted by Crippen LogP contribution is 2.33. The number of aromatic nitrogens is 3. The second-order valence-electron chi connectivity index (χ2n) is 7.04. The van der Waals surface area contributed by atoms with Crippen LogP contribution in [0.5, 0.6) is 0 Å². The lowest BCUT2D eigenvalue weighted by Gasteiger charge is -2.28. The summed E-state index contributed by atoms with van der Waals surface area (Å²) in [5, 5.41) is 10.2. The van der Waals surface area contributed by atoms with Crippen LogP contribution >= 0.6 is 0 Å². The van der Waals surface area contributed by atoms with Crippen LogP contribution < -0.4 is 10.6 Å². The molecule has 2 aromatic rings. The van der Waals surface area contributed by atoms with Crippen molar-refractivity contribution >= 4 is 5.91 Å². The first-order valence-corrected chi connectivity index (χ1v) is 9.21. The molecule has 1 aliphatic rings. The minimum atomic E-state index is -2.61. The van der Waals surface area contributed by atoms with E-state index in [4.69, 9.17) is 0 Å². The lowest BCUT2D eigenvalue weighted by Crippen LogP contribution is -2.41. The third kappa shape index (κ3) is 4.88. The van der Waals surface area contributed by atoms with Crippen LogP contribution in [0.15, 0.2) is 24.3 Å². The van der Waals surface area contributed by atoms with Crippen LogP contribution in [-0.4, -0.2) is 46.2 Å². The van der Waals surface area contributed by atoms with Crippen molar-refractivity contribution in [1.29, 1.82) is 0 Å². The van der Waals surface area contributed by atoms with E-state index in [9.17, 15) is 13.6 Å². The lowest BCUT2D eigenvalue weighted by molar-refractivity contribution is -0.0399. The second kappa shape index (κ2) is 8.12. The van der Waals surface area contributed by atoms with Gasteiger partial charge in [0.25, 0.3) is 5.91 Å². The molecule has 3 rings (SSSR count). The zero-order valence-electron chi connectivity index (χ0n) is 15.6. The Kier molecular flexibility index (Phi) is 5.84. The molecule has 0 spiro atoms. The molecule has 27 heavy (non-hydrogen) atoms. The van der Waals surface area contributed by atoms with Crippen LogP contribution in [-0.2, 0) is 13.5 Å². The van der Waals surface area contributed by atoms with E-state index in [1.165, 1.54) is 10.2 Å². The fourth-order valence-electron chi connectivity index (χ4n) is 3.23. The molecule has 1 aromatic heterocycles. The fourth-order valence-corrected chi connectivity index (χ4v) is 3.23. The molecule has 0 radical (unpaired) electrons. The predicted octanol–water partition coefficient (Wildman–Crippen LogP) is 2.55. The number of rotatable bonds is 6. The Morgan fingerprint density at radius 1 is 1.26 bits per heavy atom. The average Bonchev–Trinajstić information content (AvgIpc) is 3.04. The van der Waals surface area contributed by atoms with Gasteiger partial charge in [-0.15, -0.1) is 0 Å². The van der Waals surface area contributed by atoms with E-state index in [2.05, 4.69) is 20.7 Å². The topological polar surface area (TPSA) is 71.8 Å². The van der Waals surface area contributed by atoms with Crippen molar-refractivity contribution in [3.8, 4) is 11.4 Å². The molecule has 1 amide bonds. The number of benzene rings is 1. The van der Waals surface area contributed by atoms with E-state index in [0.717, 1.165) is 18.5 Å². The van der Waals surface area contributed by atoms with Crippen molar-refractivity contribution in [3.63, 3.8) is 0 Å². The number of aryl methyl sites for hydroxylation is 1. The summed E-state index contributed by atoms with van der Waals surface area (Å²) in [4.78, 5) is 16.8. The summed E-state index contributed by atoms with van der Waals surface area (Å²) in [5.74, 6) is -2.34. The quantitative estimate of drug-likeness (QED) is 0.812. The number of carbonyl (C=O) groups is 1. The molecule has 1 aromatic carbocycles. The van der Waals surface area contributed by atoms with Gasteiger partial charge in [-0.1, -0.05) is 24.3 Å². The minimum Gasteiger partial charge on any atom is -0.347 e. The Hall–Kier alpha value is -2.35. The fraction of sp³-hybridized carbons (Fsp3) is 0.526. The smallest absolute Gasteiger partial charge is 0.289 e. The third-order valence-electron chi connectivity index (χ3n) is 4.89. The molecule has 1 heterocycles. The van der Waals surface area contributed by atoms with Crippen molar-refractivity contribution in [2.24, 2.45) is 7.05 Å². The molecule has 1 fully saturated rings. The Labute approximate surface area is 157 Å². The van der Waals surface area contributed by atoms with Crippen LogP contribution in [0.1, 0.15) is 41.9 Å². The molecule has 0 bridgehead atoms. The highest BCUT2D eigenvalue weighted by atomic mass is 19.3. The Balaban J connectivity index is 1.66. The molecule has 0 atom stereocenters. The summed E-state index contributed by atoms with van der Waals surface area (Å²) in [6, 6.07) is 7.66. The van der Waals surface area contributed by atoms with Crippen LogP contribution in [0.2, 0.25) is 0 Å². The van der Waals surface area contributed by atoms with Crippen molar-refractivity contribution in [2.75, 3.05) is 13.6 Å². The molecule has 0 aliphatic heterocycles. The van der Waals surface area contributed by atoms with Crippen LogP contribution in [0, 0.1) is 0 Å². The molecule has 2 N–H and O–H groups in total. The molecule has 146 valence electrons. The van der Waals surface area contributed by atoms with Gasteiger partial charge in [-0.25, -0.2) is 18.4 Å². The van der Waals surface area contributed by atoms with Crippen LogP contribution in [0.4, 0.5) is 8.78 Å². The number of likely N-dealkylation sites (N-methyl/N-ethyl adjacent to an activating group) is 1. The first-order valence-electron chi connectivity index (χ1n) is 9.21. The second-order valence-corrected chi connectivity index (χ2v) is 7.04. The molecular weight excluding hydrogens is 352 g/mol. The molecule has 0 unspecified atom stereocenters. The van der Waals surface area contributed by atoms with Crippen molar-refractivity contribution in [1.82, 2.24) is 25.4 Å². The Bertz CT molecular complexity index is 778. The Morgan fingerprint density at radius 3 is 2.56 bits per heavy atom. The van der Waals surface area contributed by atoms with Gasteiger partial charge in [0, 0.05) is 31.5 Å². The monoisotopic (exact) mass is 377 g/mol. The van der Waals surface area contributed by atoms with E-state index >= 15 is 0 Å². The summed E-state index contributed by atoms with van der Waals surface area (Å²) < 4.78 is 27.9. The van der Waals surface area contributed by atoms with E-state index in [1.807, 2.05) is 31.3 Å². The molecular formula is C19H25F2N5O. The number of halogens is 2. The predicted molar refractivity (Wildman–Crippen MR) is 98.7 cm³/mol. The number of hydrogen-bond donors (Lipinski definition) is 2. The zero-order chi connectivity index (χ0) is 19.4. The van der Waals surface area contributed by atoms with E-state index in [1.54, 1.807) is 7.05 Å². The summed E-state index contributed by atoms with van der Waals surface area (Å²) >= 11 is 0. The molecule has 0 saturated heterocycles. The maximum absolute atomic E-state index is 13.2. The van der Waals surface area contributed by atoms with Crippen molar-refractivity contribution in [2.45, 2.75) is 44.1 Å². The number of hydrogen-bond acceptors (Lipinski definition) is 4. The number of amides is 1. The first-order chi connectivity index (χ1) is 12.9. The van der Waals surface area contributed by atoms with Crippen molar-refractivity contribution < 1.29 is 13.6 Å². The number of nitrogens with one attached hydrogen (secondary N) is 2. The molecule has 1 aliphatic carbocycles. The number of carbonyl (C=O) groups excluding carboxylic acids is 1. The summed E-state index contributed by atoms with van der Waals surface area (Å²) in [5.41, 5.74) is 2.03. The van der Waals surface area contributed by atoms with Gasteiger partial charge < -0.3 is 10.6 Å². The minimum absolute atomic E-state index is 0.182. The first kappa shape index (κ1) is 19.4. The zero-order valence-corrected chi connectivity index (χ0v) is 15.6. The normalized spacial score (nSPS) is 17.0. The average molecular weight is 377 g/mol. The lowest BCUT2D eigenvalue weighted by atomic mass is 9.92. The van der Waals surface area contributed by atoms with Gasteiger partial charge in [-0.3, -0.25) is 4.79 Å². The van der Waals surface area contributed by atoms with E-state index in [0.29, 0.717) is 5.82 Å². The Morgan fingerprint density at radius 2 is 1.93 bits per heavy atom. The summed E-state index contributed by atoms with van der Waals surface area (Å²) in [6.45, 7) is 0.901. The van der Waals surface area contributed by atoms with Crippen molar-refractivity contribution in [3.05, 3.63) is 35.7 Å². The van der Waals surface area contributed by atoms with Crippen LogP contribution in [0.3, 0.4) is 0 Å². The highest BCUT2D eigenvalue weighted by molar-refractivity contribution is 5.91. The molecule has 6 nitrogen and oxygen atoms in total. The van der Waals surface area contributed by atoms with Gasteiger partial charge in [0.2, 0.25) is 11.7 Å². The van der Waals surface area contributed by atoms with Gasteiger partial charge in [-0.2, -0.15) is 5.10 Å². The van der Waals surface area contributed by atoms with E-state index in [-0.39, 0.29) is 43.5 Å². The SMILES string of the molecule is CNCCc1ccc(-c2nc(C(=O)NC3CCC(F)(F)CC3)n(C)n2)cc1. The highest BCUT2D eigenvalue weighted by Gasteiger charge is 2.35. The van der Waals surface area contributed by atoms with E-state index < -0.39 is 5.92 Å². The summed E-state index contributed by atoms with van der Waals surface area (Å²) in [6.07, 6.45) is 1.10. The summed E-state index contributed by atoms with van der Waals surface area (Å²) in [7, 11) is 3.57.